The third-order valence-corrected chi connectivity index (χ3v) is 6.87. The molecule has 0 radical (unpaired) electrons. The van der Waals surface area contributed by atoms with Gasteiger partial charge in [-0.2, -0.15) is 0 Å². The van der Waals surface area contributed by atoms with Crippen LogP contribution in [0.4, 0.5) is 5.69 Å². The van der Waals surface area contributed by atoms with Crippen molar-refractivity contribution in [2.24, 2.45) is 0 Å². The second-order valence-corrected chi connectivity index (χ2v) is 9.09. The van der Waals surface area contributed by atoms with Crippen molar-refractivity contribution in [3.05, 3.63) is 46.3 Å². The number of nitrogens with zero attached hydrogens (tertiary/aromatic N) is 3. The Morgan fingerprint density at radius 3 is 2.96 bits per heavy atom. The lowest BCUT2D eigenvalue weighted by atomic mass is 10.2. The van der Waals surface area contributed by atoms with E-state index in [4.69, 9.17) is 4.74 Å². The van der Waals surface area contributed by atoms with Crippen LogP contribution < -0.4 is 5.32 Å². The van der Waals surface area contributed by atoms with Crippen molar-refractivity contribution in [2.75, 3.05) is 17.7 Å². The topological polar surface area (TPSA) is 69.0 Å². The zero-order chi connectivity index (χ0) is 19.3. The molecular weight excluding hydrogens is 460 g/mol. The Balaban J connectivity index is 1.47. The minimum Gasteiger partial charge on any atom is -0.376 e. The predicted octanol–water partition coefficient (Wildman–Crippen LogP) is 4.68. The van der Waals surface area contributed by atoms with Crippen LogP contribution in [0.2, 0.25) is 0 Å². The Hall–Kier alpha value is -1.68. The van der Waals surface area contributed by atoms with E-state index >= 15 is 0 Å². The minimum absolute atomic E-state index is 0.0822. The van der Waals surface area contributed by atoms with E-state index in [0.29, 0.717) is 6.54 Å². The van der Waals surface area contributed by atoms with Crippen LogP contribution in [0, 0.1) is 0 Å². The summed E-state index contributed by atoms with van der Waals surface area (Å²) < 4.78 is 8.74. The monoisotopic (exact) mass is 478 g/mol. The van der Waals surface area contributed by atoms with Crippen molar-refractivity contribution in [3.63, 3.8) is 0 Å². The van der Waals surface area contributed by atoms with Crippen molar-refractivity contribution in [3.8, 4) is 10.7 Å². The molecule has 2 aromatic heterocycles. The Morgan fingerprint density at radius 1 is 1.32 bits per heavy atom. The fourth-order valence-corrected chi connectivity index (χ4v) is 4.87. The maximum Gasteiger partial charge on any atom is 0.234 e. The lowest BCUT2D eigenvalue weighted by Crippen LogP contribution is -2.18. The molecule has 1 unspecified atom stereocenters. The molecule has 4 rings (SSSR count). The number of thiophene rings is 1. The van der Waals surface area contributed by atoms with Crippen LogP contribution in [-0.4, -0.2) is 39.1 Å². The van der Waals surface area contributed by atoms with Gasteiger partial charge in [-0.3, -0.25) is 9.36 Å². The maximum absolute atomic E-state index is 12.4. The van der Waals surface area contributed by atoms with E-state index in [1.807, 2.05) is 41.8 Å². The Labute approximate surface area is 179 Å². The SMILES string of the molecule is O=C(CSc1nnc(-c2cccs2)n1CC1CCCO1)Nc1ccccc1Br. The number of thioether (sulfide) groups is 1. The molecule has 1 aromatic carbocycles. The van der Waals surface area contributed by atoms with Crippen molar-refractivity contribution in [2.45, 2.75) is 30.6 Å². The van der Waals surface area contributed by atoms with Gasteiger partial charge in [0.2, 0.25) is 5.91 Å². The number of carbonyl (C=O) groups is 1. The number of benzene rings is 1. The number of ether oxygens (including phenoxy) is 1. The number of para-hydroxylation sites is 1. The summed E-state index contributed by atoms with van der Waals surface area (Å²) in [6.07, 6.45) is 2.29. The summed E-state index contributed by atoms with van der Waals surface area (Å²) in [6, 6.07) is 11.6. The molecule has 9 heteroatoms. The number of aromatic nitrogens is 3. The van der Waals surface area contributed by atoms with Gasteiger partial charge in [0.1, 0.15) is 0 Å². The van der Waals surface area contributed by atoms with Crippen LogP contribution in [0.3, 0.4) is 0 Å². The van der Waals surface area contributed by atoms with E-state index in [1.165, 1.54) is 11.8 Å². The fraction of sp³-hybridized carbons (Fsp3) is 0.316. The molecule has 3 aromatic rings. The highest BCUT2D eigenvalue weighted by atomic mass is 79.9. The van der Waals surface area contributed by atoms with Gasteiger partial charge < -0.3 is 10.1 Å². The van der Waals surface area contributed by atoms with Gasteiger partial charge in [0.25, 0.3) is 0 Å². The molecule has 28 heavy (non-hydrogen) atoms. The maximum atomic E-state index is 12.4. The van der Waals surface area contributed by atoms with E-state index in [9.17, 15) is 4.79 Å². The number of hydrogen-bond donors (Lipinski definition) is 1. The van der Waals surface area contributed by atoms with E-state index in [-0.39, 0.29) is 17.8 Å². The molecule has 0 aliphatic carbocycles. The Morgan fingerprint density at radius 2 is 2.21 bits per heavy atom. The summed E-state index contributed by atoms with van der Waals surface area (Å²) in [6.45, 7) is 1.51. The third kappa shape index (κ3) is 4.65. The zero-order valence-corrected chi connectivity index (χ0v) is 18.2. The van der Waals surface area contributed by atoms with Crippen molar-refractivity contribution in [1.82, 2.24) is 14.8 Å². The van der Waals surface area contributed by atoms with Crippen molar-refractivity contribution >= 4 is 50.6 Å². The number of rotatable bonds is 7. The summed E-state index contributed by atoms with van der Waals surface area (Å²) in [7, 11) is 0. The first-order chi connectivity index (χ1) is 13.7. The summed E-state index contributed by atoms with van der Waals surface area (Å²) in [5.41, 5.74) is 0.758. The molecule has 146 valence electrons. The summed E-state index contributed by atoms with van der Waals surface area (Å²) >= 11 is 6.47. The highest BCUT2D eigenvalue weighted by molar-refractivity contribution is 9.10. The quantitative estimate of drug-likeness (QED) is 0.499. The second kappa shape index (κ2) is 9.21. The Bertz CT molecular complexity index is 939. The largest absolute Gasteiger partial charge is 0.376 e. The van der Waals surface area contributed by atoms with Gasteiger partial charge in [-0.25, -0.2) is 0 Å². The molecular formula is C19H19BrN4O2S2. The second-order valence-electron chi connectivity index (χ2n) is 6.35. The zero-order valence-electron chi connectivity index (χ0n) is 15.0. The van der Waals surface area contributed by atoms with E-state index in [1.54, 1.807) is 11.3 Å². The van der Waals surface area contributed by atoms with Crippen molar-refractivity contribution in [1.29, 1.82) is 0 Å². The van der Waals surface area contributed by atoms with Crippen LogP contribution in [0.1, 0.15) is 12.8 Å². The number of halogens is 1. The molecule has 1 fully saturated rings. The summed E-state index contributed by atoms with van der Waals surface area (Å²) in [4.78, 5) is 13.5. The first kappa shape index (κ1) is 19.6. The van der Waals surface area contributed by atoms with Gasteiger partial charge in [-0.1, -0.05) is 30.0 Å². The van der Waals surface area contributed by atoms with Crippen LogP contribution in [0.15, 0.2) is 51.4 Å². The van der Waals surface area contributed by atoms with Gasteiger partial charge in [-0.15, -0.1) is 21.5 Å². The van der Waals surface area contributed by atoms with Gasteiger partial charge >= 0.3 is 0 Å². The standard InChI is InChI=1S/C19H19BrN4O2S2/c20-14-6-1-2-7-15(14)21-17(25)12-28-19-23-22-18(16-8-4-10-27-16)24(19)11-13-5-3-9-26-13/h1-2,4,6-8,10,13H,3,5,9,11-12H2,(H,21,25). The lowest BCUT2D eigenvalue weighted by Gasteiger charge is -2.14. The molecule has 1 N–H and O–H groups in total. The number of amides is 1. The highest BCUT2D eigenvalue weighted by Gasteiger charge is 2.22. The molecule has 1 aliphatic heterocycles. The van der Waals surface area contributed by atoms with Gasteiger partial charge in [0, 0.05) is 11.1 Å². The van der Waals surface area contributed by atoms with Crippen LogP contribution in [0.25, 0.3) is 10.7 Å². The smallest absolute Gasteiger partial charge is 0.234 e. The van der Waals surface area contributed by atoms with E-state index in [0.717, 1.165) is 45.5 Å². The van der Waals surface area contributed by atoms with Gasteiger partial charge in [-0.05, 0) is 52.4 Å². The normalized spacial score (nSPS) is 16.4. The van der Waals surface area contributed by atoms with E-state index < -0.39 is 0 Å². The highest BCUT2D eigenvalue weighted by Crippen LogP contribution is 2.29. The van der Waals surface area contributed by atoms with E-state index in [2.05, 4.69) is 36.0 Å². The summed E-state index contributed by atoms with van der Waals surface area (Å²) in [5, 5.41) is 14.4. The number of carbonyl (C=O) groups excluding carboxylic acids is 1. The predicted molar refractivity (Wildman–Crippen MR) is 116 cm³/mol. The molecule has 1 amide bonds. The number of hydrogen-bond acceptors (Lipinski definition) is 6. The molecule has 0 bridgehead atoms. The lowest BCUT2D eigenvalue weighted by molar-refractivity contribution is -0.113. The molecule has 1 atom stereocenters. The van der Waals surface area contributed by atoms with Crippen LogP contribution >= 0.6 is 39.0 Å². The van der Waals surface area contributed by atoms with Crippen LogP contribution in [-0.2, 0) is 16.1 Å². The molecule has 3 heterocycles. The Kier molecular flexibility index (Phi) is 6.46. The average molecular weight is 479 g/mol. The number of nitrogens with one attached hydrogen (secondary N) is 1. The minimum atomic E-state index is -0.0822. The fourth-order valence-electron chi connectivity index (χ4n) is 3.02. The molecule has 1 saturated heterocycles. The van der Waals surface area contributed by atoms with Crippen molar-refractivity contribution < 1.29 is 9.53 Å². The van der Waals surface area contributed by atoms with Crippen LogP contribution in [0.5, 0.6) is 0 Å². The third-order valence-electron chi connectivity index (χ3n) is 4.35. The van der Waals surface area contributed by atoms with Gasteiger partial charge in [0.05, 0.1) is 29.0 Å². The molecule has 1 aliphatic rings. The molecule has 0 saturated carbocycles. The summed E-state index contributed by atoms with van der Waals surface area (Å²) in [5.74, 6) is 1.01. The molecule has 6 nitrogen and oxygen atoms in total. The average Bonchev–Trinajstić information content (AvgIpc) is 3.44. The first-order valence-electron chi connectivity index (χ1n) is 8.96. The number of anilines is 1. The van der Waals surface area contributed by atoms with Gasteiger partial charge in [0.15, 0.2) is 11.0 Å². The first-order valence-corrected chi connectivity index (χ1v) is 11.6. The molecule has 0 spiro atoms.